The van der Waals surface area contributed by atoms with Gasteiger partial charge in [-0.1, -0.05) is 18.2 Å². The summed E-state index contributed by atoms with van der Waals surface area (Å²) in [4.78, 5) is 26.9. The number of amides is 1. The molecule has 140 valence electrons. The number of hydrogen-bond acceptors (Lipinski definition) is 5. The number of nitrogens with zero attached hydrogens (tertiary/aromatic N) is 1. The molecule has 1 aliphatic heterocycles. The quantitative estimate of drug-likeness (QED) is 0.764. The minimum atomic E-state index is -0.640. The first-order valence-electron chi connectivity index (χ1n) is 9.00. The van der Waals surface area contributed by atoms with Crippen molar-refractivity contribution in [3.63, 3.8) is 0 Å². The lowest BCUT2D eigenvalue weighted by atomic mass is 9.97. The van der Waals surface area contributed by atoms with E-state index in [4.69, 9.17) is 13.9 Å². The lowest BCUT2D eigenvalue weighted by Crippen LogP contribution is -2.49. The molecule has 0 bridgehead atoms. The van der Waals surface area contributed by atoms with E-state index in [0.717, 1.165) is 24.6 Å². The van der Waals surface area contributed by atoms with Crippen molar-refractivity contribution < 1.29 is 23.5 Å². The summed E-state index contributed by atoms with van der Waals surface area (Å²) in [5, 5.41) is 0.811. The molecule has 6 heteroatoms. The highest BCUT2D eigenvalue weighted by Gasteiger charge is 2.30. The molecule has 1 aliphatic rings. The molecule has 0 spiro atoms. The molecule has 0 unspecified atom stereocenters. The van der Waals surface area contributed by atoms with Gasteiger partial charge in [0.1, 0.15) is 5.58 Å². The highest BCUT2D eigenvalue weighted by Crippen LogP contribution is 2.27. The second kappa shape index (κ2) is 7.91. The van der Waals surface area contributed by atoms with E-state index in [1.807, 2.05) is 36.9 Å². The first kappa shape index (κ1) is 18.5. The Morgan fingerprint density at radius 1 is 1.19 bits per heavy atom. The predicted octanol–water partition coefficient (Wildman–Crippen LogP) is 3.53. The second-order valence-corrected chi connectivity index (χ2v) is 6.84. The molecule has 1 aromatic heterocycles. The fourth-order valence-electron chi connectivity index (χ4n) is 3.73. The predicted molar refractivity (Wildman–Crippen MR) is 96.8 cm³/mol. The van der Waals surface area contributed by atoms with Crippen LogP contribution in [0.3, 0.4) is 0 Å². The number of fused-ring (bicyclic) bond motifs is 1. The van der Waals surface area contributed by atoms with Crippen molar-refractivity contribution in [1.82, 2.24) is 4.90 Å². The second-order valence-electron chi connectivity index (χ2n) is 6.84. The Bertz CT molecular complexity index is 787. The van der Waals surface area contributed by atoms with Gasteiger partial charge in [0.2, 0.25) is 5.76 Å². The molecule has 0 radical (unpaired) electrons. The Kier molecular flexibility index (Phi) is 5.61. The molecule has 2 aromatic rings. The highest BCUT2D eigenvalue weighted by atomic mass is 16.5. The average Bonchev–Trinajstić information content (AvgIpc) is 2.99. The first-order valence-corrected chi connectivity index (χ1v) is 9.00. The van der Waals surface area contributed by atoms with Gasteiger partial charge in [-0.25, -0.2) is 4.79 Å². The molecular weight excluding hydrogens is 334 g/mol. The molecule has 1 aromatic carbocycles. The maximum atomic E-state index is 12.5. The van der Waals surface area contributed by atoms with Crippen LogP contribution in [-0.4, -0.2) is 42.6 Å². The lowest BCUT2D eigenvalue weighted by Gasteiger charge is -2.38. The maximum absolute atomic E-state index is 12.5. The minimum absolute atomic E-state index is 0.0978. The van der Waals surface area contributed by atoms with E-state index in [-0.39, 0.29) is 37.0 Å². The number of piperidine rings is 1. The molecule has 1 saturated heterocycles. The van der Waals surface area contributed by atoms with Gasteiger partial charge in [0, 0.05) is 30.1 Å². The van der Waals surface area contributed by atoms with Crippen LogP contribution in [0.4, 0.5) is 0 Å². The summed E-state index contributed by atoms with van der Waals surface area (Å²) in [5.74, 6) is -0.707. The van der Waals surface area contributed by atoms with Crippen molar-refractivity contribution in [1.29, 1.82) is 0 Å². The van der Waals surface area contributed by atoms with Gasteiger partial charge in [-0.2, -0.15) is 0 Å². The zero-order chi connectivity index (χ0) is 18.7. The third-order valence-corrected chi connectivity index (χ3v) is 4.98. The van der Waals surface area contributed by atoms with Gasteiger partial charge in [0.15, 0.2) is 6.61 Å². The van der Waals surface area contributed by atoms with E-state index in [1.54, 1.807) is 13.2 Å². The number of furan rings is 1. The molecule has 6 nitrogen and oxygen atoms in total. The van der Waals surface area contributed by atoms with Crippen molar-refractivity contribution in [2.45, 2.75) is 51.8 Å². The Balaban J connectivity index is 1.73. The van der Waals surface area contributed by atoms with E-state index in [1.165, 1.54) is 0 Å². The van der Waals surface area contributed by atoms with Crippen LogP contribution in [-0.2, 0) is 20.9 Å². The summed E-state index contributed by atoms with van der Waals surface area (Å²) < 4.78 is 16.1. The van der Waals surface area contributed by atoms with Crippen LogP contribution >= 0.6 is 0 Å². The van der Waals surface area contributed by atoms with Crippen molar-refractivity contribution in [2.24, 2.45) is 0 Å². The van der Waals surface area contributed by atoms with Gasteiger partial charge < -0.3 is 18.8 Å². The molecule has 3 rings (SSSR count). The van der Waals surface area contributed by atoms with Gasteiger partial charge >= 0.3 is 5.97 Å². The number of methoxy groups -OCH3 is 1. The largest absolute Gasteiger partial charge is 0.450 e. The number of carbonyl (C=O) groups is 2. The molecule has 1 fully saturated rings. The summed E-state index contributed by atoms with van der Waals surface area (Å²) in [6.07, 6.45) is 3.07. The Morgan fingerprint density at radius 3 is 2.58 bits per heavy atom. The number of esters is 1. The highest BCUT2D eigenvalue weighted by molar-refractivity contribution is 5.96. The van der Waals surface area contributed by atoms with Crippen LogP contribution in [0.1, 0.15) is 49.2 Å². The van der Waals surface area contributed by atoms with Gasteiger partial charge in [0.05, 0.1) is 6.61 Å². The number of rotatable bonds is 5. The van der Waals surface area contributed by atoms with Crippen molar-refractivity contribution in [3.8, 4) is 0 Å². The van der Waals surface area contributed by atoms with Gasteiger partial charge in [0.25, 0.3) is 5.91 Å². The average molecular weight is 359 g/mol. The molecule has 0 aliphatic carbocycles. The zero-order valence-corrected chi connectivity index (χ0v) is 15.5. The monoisotopic (exact) mass is 359 g/mol. The number of para-hydroxylation sites is 1. The molecular formula is C20H25NO5. The van der Waals surface area contributed by atoms with Crippen molar-refractivity contribution in [2.75, 3.05) is 13.7 Å². The lowest BCUT2D eigenvalue weighted by molar-refractivity contribution is -0.140. The van der Waals surface area contributed by atoms with Crippen LogP contribution in [0, 0.1) is 0 Å². The molecule has 0 N–H and O–H groups in total. The van der Waals surface area contributed by atoms with E-state index in [2.05, 4.69) is 0 Å². The number of likely N-dealkylation sites (tertiary alicyclic amines) is 1. The zero-order valence-electron chi connectivity index (χ0n) is 15.5. The van der Waals surface area contributed by atoms with Gasteiger partial charge in [-0.05, 0) is 39.2 Å². The fraction of sp³-hybridized carbons (Fsp3) is 0.500. The summed E-state index contributed by atoms with van der Waals surface area (Å²) in [6.45, 7) is 4.02. The Morgan fingerprint density at radius 2 is 1.88 bits per heavy atom. The Hall–Kier alpha value is -2.34. The van der Waals surface area contributed by atoms with Crippen LogP contribution in [0.2, 0.25) is 0 Å². The number of ether oxygens (including phenoxy) is 2. The van der Waals surface area contributed by atoms with Crippen LogP contribution < -0.4 is 0 Å². The summed E-state index contributed by atoms with van der Waals surface area (Å²) >= 11 is 0. The fourth-order valence-corrected chi connectivity index (χ4v) is 3.73. The van der Waals surface area contributed by atoms with Crippen LogP contribution in [0.15, 0.2) is 28.7 Å². The van der Waals surface area contributed by atoms with E-state index >= 15 is 0 Å². The molecule has 26 heavy (non-hydrogen) atoms. The number of benzene rings is 1. The van der Waals surface area contributed by atoms with Gasteiger partial charge in [-0.3, -0.25) is 4.79 Å². The third-order valence-electron chi connectivity index (χ3n) is 4.98. The van der Waals surface area contributed by atoms with E-state index in [9.17, 15) is 9.59 Å². The first-order chi connectivity index (χ1) is 12.5. The van der Waals surface area contributed by atoms with Crippen LogP contribution in [0.5, 0.6) is 0 Å². The van der Waals surface area contributed by atoms with E-state index < -0.39 is 5.97 Å². The SMILES string of the molecule is COCc1c(C(=O)OCC(=O)N2[C@H](C)CCC[C@H]2C)oc2ccccc12. The normalized spacial score (nSPS) is 20.3. The smallest absolute Gasteiger partial charge is 0.375 e. The molecule has 2 atom stereocenters. The van der Waals surface area contributed by atoms with Gasteiger partial charge in [-0.15, -0.1) is 0 Å². The third kappa shape index (κ3) is 3.60. The standard InChI is InChI=1S/C20H25NO5/c1-13-7-6-8-14(2)21(13)18(22)12-25-20(23)19-16(11-24-3)15-9-4-5-10-17(15)26-19/h4-5,9-10,13-14H,6-8,11-12H2,1-3H3/t13-,14-/m1/s1. The summed E-state index contributed by atoms with van der Waals surface area (Å²) in [6, 6.07) is 7.69. The van der Waals surface area contributed by atoms with Crippen LogP contribution in [0.25, 0.3) is 11.0 Å². The molecule has 0 saturated carbocycles. The van der Waals surface area contributed by atoms with Crippen molar-refractivity contribution in [3.05, 3.63) is 35.6 Å². The Labute approximate surface area is 153 Å². The summed E-state index contributed by atoms with van der Waals surface area (Å²) in [7, 11) is 1.56. The maximum Gasteiger partial charge on any atom is 0.375 e. The van der Waals surface area contributed by atoms with E-state index in [0.29, 0.717) is 11.1 Å². The summed E-state index contributed by atoms with van der Waals surface area (Å²) in [5.41, 5.74) is 1.23. The molecule has 2 heterocycles. The topological polar surface area (TPSA) is 69.0 Å². The molecule has 1 amide bonds. The van der Waals surface area contributed by atoms with Crippen molar-refractivity contribution >= 4 is 22.8 Å². The number of hydrogen-bond donors (Lipinski definition) is 0. The number of carbonyl (C=O) groups excluding carboxylic acids is 2. The minimum Gasteiger partial charge on any atom is -0.450 e.